The predicted molar refractivity (Wildman–Crippen MR) is 282 cm³/mol. The Labute approximate surface area is 434 Å². The quantitative estimate of drug-likeness (QED) is 0.0603. The smallest absolute Gasteiger partial charge is 0.350 e. The Balaban J connectivity index is 1.08. The molecule has 0 saturated carbocycles. The number of rotatable bonds is 22. The van der Waals surface area contributed by atoms with Crippen molar-refractivity contribution in [2.75, 3.05) is 90.3 Å². The third kappa shape index (κ3) is 12.8. The molecule has 0 amide bonds. The Hall–Kier alpha value is -6.72. The Morgan fingerprint density at radius 3 is 2.00 bits per heavy atom. The van der Waals surface area contributed by atoms with Crippen LogP contribution in [0, 0.1) is 6.92 Å². The van der Waals surface area contributed by atoms with Gasteiger partial charge in [-0.05, 0) is 77.9 Å². The van der Waals surface area contributed by atoms with Crippen LogP contribution < -0.4 is 29.9 Å². The van der Waals surface area contributed by atoms with Crippen molar-refractivity contribution in [1.82, 2.24) is 50.2 Å². The summed E-state index contributed by atoms with van der Waals surface area (Å²) in [5.74, 6) is 3.06. The second-order valence-corrected chi connectivity index (χ2v) is 19.3. The van der Waals surface area contributed by atoms with Crippen molar-refractivity contribution in [3.63, 3.8) is 0 Å². The Morgan fingerprint density at radius 1 is 0.784 bits per heavy atom. The van der Waals surface area contributed by atoms with Gasteiger partial charge in [0, 0.05) is 106 Å². The molecule has 7 heterocycles. The number of nitrogens with zero attached hydrogens (tertiary/aromatic N) is 10. The first-order chi connectivity index (χ1) is 36.0. The van der Waals surface area contributed by atoms with E-state index in [1.54, 1.807) is 32.5 Å². The van der Waals surface area contributed by atoms with Gasteiger partial charge in [0.1, 0.15) is 64.1 Å². The number of aromatic nitrogens is 8. The van der Waals surface area contributed by atoms with E-state index in [4.69, 9.17) is 58.7 Å². The van der Waals surface area contributed by atoms with Crippen LogP contribution in [-0.4, -0.2) is 160 Å². The molecule has 2 atom stereocenters. The van der Waals surface area contributed by atoms with E-state index < -0.39 is 18.2 Å². The van der Waals surface area contributed by atoms with Gasteiger partial charge in [0.2, 0.25) is 0 Å². The van der Waals surface area contributed by atoms with Crippen LogP contribution in [0.1, 0.15) is 53.7 Å². The molecule has 0 aliphatic carbocycles. The van der Waals surface area contributed by atoms with Gasteiger partial charge >= 0.3 is 5.97 Å². The highest BCUT2D eigenvalue weighted by Gasteiger charge is 2.28. The first-order valence-electron chi connectivity index (χ1n) is 25.1. The van der Waals surface area contributed by atoms with E-state index in [0.717, 1.165) is 48.3 Å². The molecule has 0 spiro atoms. The number of aryl methyl sites for hydroxylation is 1. The fourth-order valence-electron chi connectivity index (χ4n) is 8.99. The molecule has 21 heteroatoms. The van der Waals surface area contributed by atoms with Crippen molar-refractivity contribution in [3.8, 4) is 56.2 Å². The summed E-state index contributed by atoms with van der Waals surface area (Å²) < 4.78 is 30.7. The molecule has 2 unspecified atom stereocenters. The number of aliphatic hydroxyl groups excluding tert-OH is 2. The van der Waals surface area contributed by atoms with E-state index in [1.807, 2.05) is 79.1 Å². The molecule has 2 aromatic carbocycles. The lowest BCUT2D eigenvalue weighted by molar-refractivity contribution is 0.0531. The number of anilines is 2. The molecular formula is C53H64N12O8S. The molecule has 74 heavy (non-hydrogen) atoms. The van der Waals surface area contributed by atoms with Crippen LogP contribution in [0.25, 0.3) is 50.4 Å². The van der Waals surface area contributed by atoms with Crippen molar-refractivity contribution >= 4 is 34.6 Å². The summed E-state index contributed by atoms with van der Waals surface area (Å²) in [6, 6.07) is 21.2. The standard InChI is InChI=1S/C53H64N12O8S/c1-6-71-53(68)49-33(2)57-52(74-49)45-25-48(61-51(59-45)35-10-8-12-43(22-35)73-32-41(67)28-55-4)64(39-15-19-70-20-16-39)30-37-23-46-56-26-36(29-65(46)62-37)44-24-47(63(5)38-13-17-69-18-14-38)60-50(58-44)34-9-7-11-42(21-34)72-31-40(66)27-54-3/h7-12,21-26,29,38-41,54-55,66-67H,6,13-20,27-28,30-32H2,1-5H3. The molecule has 5 aromatic heterocycles. The van der Waals surface area contributed by atoms with Crippen LogP contribution in [0.3, 0.4) is 0 Å². The first kappa shape index (κ1) is 52.2. The van der Waals surface area contributed by atoms with Gasteiger partial charge in [0.15, 0.2) is 17.3 Å². The number of hydrogen-bond donors (Lipinski definition) is 4. The topological polar surface area (TPSA) is 229 Å². The highest BCUT2D eigenvalue weighted by Crippen LogP contribution is 2.35. The number of benzene rings is 2. The van der Waals surface area contributed by atoms with Gasteiger partial charge in [0.05, 0.1) is 30.2 Å². The van der Waals surface area contributed by atoms with E-state index in [2.05, 4.69) is 27.5 Å². The Bertz CT molecular complexity index is 3000. The minimum absolute atomic E-state index is 0.0250. The largest absolute Gasteiger partial charge is 0.491 e. The number of nitrogens with one attached hydrogen (secondary N) is 2. The molecule has 7 aromatic rings. The zero-order chi connectivity index (χ0) is 51.6. The molecule has 0 radical (unpaired) electrons. The van der Waals surface area contributed by atoms with Gasteiger partial charge in [-0.25, -0.2) is 39.2 Å². The van der Waals surface area contributed by atoms with Crippen LogP contribution in [-0.2, 0) is 20.8 Å². The molecule has 2 aliphatic heterocycles. The molecule has 0 bridgehead atoms. The molecule has 4 N–H and O–H groups in total. The molecule has 2 fully saturated rings. The summed E-state index contributed by atoms with van der Waals surface area (Å²) in [5, 5.41) is 32.3. The normalized spacial score (nSPS) is 15.2. The van der Waals surface area contributed by atoms with Gasteiger partial charge in [0.25, 0.3) is 0 Å². The van der Waals surface area contributed by atoms with Gasteiger partial charge in [-0.15, -0.1) is 11.3 Å². The van der Waals surface area contributed by atoms with Crippen molar-refractivity contribution in [1.29, 1.82) is 0 Å². The lowest BCUT2D eigenvalue weighted by Gasteiger charge is -2.35. The van der Waals surface area contributed by atoms with Crippen molar-refractivity contribution in [2.45, 2.75) is 70.4 Å². The van der Waals surface area contributed by atoms with Crippen LogP contribution in [0.4, 0.5) is 11.6 Å². The minimum atomic E-state index is -0.696. The van der Waals surface area contributed by atoms with Crippen molar-refractivity contribution in [3.05, 3.63) is 95.4 Å². The molecule has 2 aliphatic rings. The maximum absolute atomic E-state index is 13.0. The number of thiazole rings is 1. The number of esters is 1. The SMILES string of the molecule is CCOC(=O)c1sc(-c2cc(N(Cc3cc4ncc(-c5cc(N(C)C6CCOCC6)nc(-c6cccc(OCC(O)CNC)c6)n5)cn4n3)C3CCOCC3)nc(-c3cccc(OCC(O)CNC)c3)n2)nc1C. The number of aliphatic hydroxyl groups is 2. The predicted octanol–water partition coefficient (Wildman–Crippen LogP) is 5.64. The molecule has 20 nitrogen and oxygen atoms in total. The fraction of sp³-hybridized carbons (Fsp3) is 0.434. The van der Waals surface area contributed by atoms with E-state index in [1.165, 1.54) is 11.3 Å². The first-order valence-corrected chi connectivity index (χ1v) is 25.9. The lowest BCUT2D eigenvalue weighted by atomic mass is 10.1. The second-order valence-electron chi connectivity index (χ2n) is 18.3. The lowest BCUT2D eigenvalue weighted by Crippen LogP contribution is -2.40. The number of carbonyl (C=O) groups excluding carboxylic acids is 1. The average Bonchev–Trinajstić information content (AvgIpc) is 4.04. The van der Waals surface area contributed by atoms with Gasteiger partial charge < -0.3 is 54.3 Å². The van der Waals surface area contributed by atoms with E-state index in [0.29, 0.717) is 113 Å². The molecule has 390 valence electrons. The van der Waals surface area contributed by atoms with E-state index >= 15 is 0 Å². The maximum atomic E-state index is 13.0. The Kier molecular flexibility index (Phi) is 17.3. The molecular weight excluding hydrogens is 965 g/mol. The summed E-state index contributed by atoms with van der Waals surface area (Å²) in [4.78, 5) is 48.1. The van der Waals surface area contributed by atoms with E-state index in [9.17, 15) is 15.0 Å². The zero-order valence-electron chi connectivity index (χ0n) is 42.4. The maximum Gasteiger partial charge on any atom is 0.350 e. The summed E-state index contributed by atoms with van der Waals surface area (Å²) in [7, 11) is 5.63. The third-order valence-corrected chi connectivity index (χ3v) is 14.0. The second kappa shape index (κ2) is 24.5. The highest BCUT2D eigenvalue weighted by molar-refractivity contribution is 7.17. The Morgan fingerprint density at radius 2 is 1.38 bits per heavy atom. The van der Waals surface area contributed by atoms with Crippen molar-refractivity contribution < 1.29 is 38.7 Å². The van der Waals surface area contributed by atoms with Crippen LogP contribution in [0.5, 0.6) is 11.5 Å². The number of likely N-dealkylation sites (N-methyl/N-ethyl adjacent to an activating group) is 2. The zero-order valence-corrected chi connectivity index (χ0v) is 43.3. The van der Waals surface area contributed by atoms with Gasteiger partial charge in [-0.2, -0.15) is 5.10 Å². The van der Waals surface area contributed by atoms with Crippen LogP contribution in [0.15, 0.2) is 79.1 Å². The van der Waals surface area contributed by atoms with Gasteiger partial charge in [-0.3, -0.25) is 0 Å². The van der Waals surface area contributed by atoms with Crippen LogP contribution >= 0.6 is 11.3 Å². The van der Waals surface area contributed by atoms with Gasteiger partial charge in [-0.1, -0.05) is 24.3 Å². The van der Waals surface area contributed by atoms with Crippen molar-refractivity contribution in [2.24, 2.45) is 0 Å². The summed E-state index contributed by atoms with van der Waals surface area (Å²) in [5.41, 5.74) is 5.37. The molecule has 9 rings (SSSR count). The number of carbonyl (C=O) groups is 1. The summed E-state index contributed by atoms with van der Waals surface area (Å²) in [6.07, 6.45) is 5.65. The summed E-state index contributed by atoms with van der Waals surface area (Å²) in [6.45, 7) is 7.75. The number of ether oxygens (including phenoxy) is 5. The van der Waals surface area contributed by atoms with Crippen LogP contribution in [0.2, 0.25) is 0 Å². The number of fused-ring (bicyclic) bond motifs is 1. The highest BCUT2D eigenvalue weighted by atomic mass is 32.1. The minimum Gasteiger partial charge on any atom is -0.491 e. The van der Waals surface area contributed by atoms with E-state index in [-0.39, 0.29) is 31.9 Å². The fourth-order valence-corrected chi connectivity index (χ4v) is 9.91. The number of hydrogen-bond acceptors (Lipinski definition) is 20. The monoisotopic (exact) mass is 1030 g/mol. The third-order valence-electron chi connectivity index (χ3n) is 12.9. The molecule has 2 saturated heterocycles. The summed E-state index contributed by atoms with van der Waals surface area (Å²) >= 11 is 1.23. The average molecular weight is 1030 g/mol.